The molecule has 0 saturated carbocycles. The van der Waals surface area contributed by atoms with Crippen LogP contribution in [0.2, 0.25) is 0 Å². The Hall–Kier alpha value is -1.87. The van der Waals surface area contributed by atoms with Gasteiger partial charge in [0.1, 0.15) is 0 Å². The molecular weight excluding hydrogens is 212 g/mol. The zero-order valence-electron chi connectivity index (χ0n) is 9.75. The van der Waals surface area contributed by atoms with Crippen molar-refractivity contribution in [1.29, 1.82) is 0 Å². The van der Waals surface area contributed by atoms with Crippen LogP contribution in [-0.4, -0.2) is 10.1 Å². The molecule has 0 spiro atoms. The fourth-order valence-electron chi connectivity index (χ4n) is 1.87. The monoisotopic (exact) mass is 228 g/mol. The van der Waals surface area contributed by atoms with E-state index >= 15 is 0 Å². The molecule has 1 aromatic heterocycles. The average Bonchev–Trinajstić information content (AvgIpc) is 2.39. The average molecular weight is 228 g/mol. The summed E-state index contributed by atoms with van der Waals surface area (Å²) in [5, 5.41) is 10.3. The summed E-state index contributed by atoms with van der Waals surface area (Å²) in [7, 11) is 0. The summed E-state index contributed by atoms with van der Waals surface area (Å²) in [6, 6.07) is 11.6. The summed E-state index contributed by atoms with van der Waals surface area (Å²) in [5.41, 5.74) is 8.19. The van der Waals surface area contributed by atoms with Gasteiger partial charge in [0.2, 0.25) is 0 Å². The number of anilines is 1. The lowest BCUT2D eigenvalue weighted by Gasteiger charge is -2.20. The minimum atomic E-state index is -0.633. The van der Waals surface area contributed by atoms with E-state index < -0.39 is 6.10 Å². The Morgan fingerprint density at radius 1 is 1.18 bits per heavy atom. The second-order valence-corrected chi connectivity index (χ2v) is 4.15. The van der Waals surface area contributed by atoms with Crippen molar-refractivity contribution in [2.45, 2.75) is 18.9 Å². The molecule has 88 valence electrons. The maximum atomic E-state index is 10.3. The maximum Gasteiger partial charge on any atom is 0.0890 e. The Bertz CT molecular complexity index is 485. The number of nitrogens with zero attached hydrogens (tertiary/aromatic N) is 1. The van der Waals surface area contributed by atoms with Crippen molar-refractivity contribution in [3.8, 4) is 0 Å². The standard InChI is InChI=1S/C14H16N2O/c1-10(11-5-3-2-4-6-11)14(17)12-9-16-8-7-13(12)15/h2-10,14,17H,1H3,(H2,15,16). The van der Waals surface area contributed by atoms with Crippen LogP contribution in [0, 0.1) is 0 Å². The lowest BCUT2D eigenvalue weighted by molar-refractivity contribution is 0.152. The highest BCUT2D eigenvalue weighted by atomic mass is 16.3. The Labute approximate surface area is 101 Å². The van der Waals surface area contributed by atoms with Gasteiger partial charge in [-0.3, -0.25) is 4.98 Å². The first-order chi connectivity index (χ1) is 8.20. The Morgan fingerprint density at radius 2 is 1.88 bits per heavy atom. The molecule has 0 radical (unpaired) electrons. The second kappa shape index (κ2) is 4.97. The van der Waals surface area contributed by atoms with Crippen molar-refractivity contribution in [2.75, 3.05) is 5.73 Å². The van der Waals surface area contributed by atoms with Gasteiger partial charge in [-0.1, -0.05) is 37.3 Å². The quantitative estimate of drug-likeness (QED) is 0.848. The van der Waals surface area contributed by atoms with E-state index in [0.717, 1.165) is 5.56 Å². The highest BCUT2D eigenvalue weighted by Crippen LogP contribution is 2.32. The molecule has 3 nitrogen and oxygen atoms in total. The molecular formula is C14H16N2O. The molecule has 1 aromatic carbocycles. The fraction of sp³-hybridized carbons (Fsp3) is 0.214. The first kappa shape index (κ1) is 11.6. The van der Waals surface area contributed by atoms with Gasteiger partial charge in [-0.25, -0.2) is 0 Å². The number of nitrogen functional groups attached to an aromatic ring is 1. The summed E-state index contributed by atoms with van der Waals surface area (Å²) in [6.07, 6.45) is 2.61. The molecule has 17 heavy (non-hydrogen) atoms. The van der Waals surface area contributed by atoms with Gasteiger partial charge in [0.05, 0.1) is 6.10 Å². The van der Waals surface area contributed by atoms with Crippen LogP contribution in [-0.2, 0) is 0 Å². The van der Waals surface area contributed by atoms with Gasteiger partial charge in [0.15, 0.2) is 0 Å². The smallest absolute Gasteiger partial charge is 0.0890 e. The predicted molar refractivity (Wildman–Crippen MR) is 68.5 cm³/mol. The second-order valence-electron chi connectivity index (χ2n) is 4.15. The Kier molecular flexibility index (Phi) is 3.40. The van der Waals surface area contributed by atoms with Crippen LogP contribution < -0.4 is 5.73 Å². The number of nitrogens with two attached hydrogens (primary N) is 1. The molecule has 2 aromatic rings. The van der Waals surface area contributed by atoms with Gasteiger partial charge < -0.3 is 10.8 Å². The normalized spacial score (nSPS) is 14.2. The SMILES string of the molecule is CC(c1ccccc1)C(O)c1cnccc1N. The summed E-state index contributed by atoms with van der Waals surface area (Å²) in [4.78, 5) is 4.00. The summed E-state index contributed by atoms with van der Waals surface area (Å²) >= 11 is 0. The number of pyridine rings is 1. The number of aliphatic hydroxyl groups excluding tert-OH is 1. The largest absolute Gasteiger partial charge is 0.398 e. The molecule has 2 unspecified atom stereocenters. The van der Waals surface area contributed by atoms with Crippen LogP contribution in [0.15, 0.2) is 48.8 Å². The van der Waals surface area contributed by atoms with E-state index in [1.54, 1.807) is 18.5 Å². The minimum Gasteiger partial charge on any atom is -0.398 e. The molecule has 2 atom stereocenters. The lowest BCUT2D eigenvalue weighted by atomic mass is 9.91. The van der Waals surface area contributed by atoms with E-state index in [1.807, 2.05) is 37.3 Å². The number of hydrogen-bond acceptors (Lipinski definition) is 3. The lowest BCUT2D eigenvalue weighted by Crippen LogP contribution is -2.10. The van der Waals surface area contributed by atoms with Gasteiger partial charge in [0, 0.05) is 29.6 Å². The maximum absolute atomic E-state index is 10.3. The number of benzene rings is 1. The van der Waals surface area contributed by atoms with E-state index in [2.05, 4.69) is 4.98 Å². The minimum absolute atomic E-state index is 0.0114. The molecule has 1 heterocycles. The molecule has 0 aliphatic heterocycles. The van der Waals surface area contributed by atoms with Crippen LogP contribution in [0.4, 0.5) is 5.69 Å². The molecule has 0 aliphatic rings. The van der Waals surface area contributed by atoms with Crippen molar-refractivity contribution in [1.82, 2.24) is 4.98 Å². The molecule has 2 rings (SSSR count). The van der Waals surface area contributed by atoms with Gasteiger partial charge in [-0.05, 0) is 11.6 Å². The van der Waals surface area contributed by atoms with Crippen molar-refractivity contribution in [3.63, 3.8) is 0 Å². The third-order valence-corrected chi connectivity index (χ3v) is 3.00. The number of hydrogen-bond donors (Lipinski definition) is 2. The molecule has 0 saturated heterocycles. The zero-order chi connectivity index (χ0) is 12.3. The summed E-state index contributed by atoms with van der Waals surface area (Å²) < 4.78 is 0. The van der Waals surface area contributed by atoms with Gasteiger partial charge >= 0.3 is 0 Å². The van der Waals surface area contributed by atoms with Gasteiger partial charge in [0.25, 0.3) is 0 Å². The molecule has 0 fully saturated rings. The Morgan fingerprint density at radius 3 is 2.53 bits per heavy atom. The van der Waals surface area contributed by atoms with E-state index in [0.29, 0.717) is 11.3 Å². The summed E-state index contributed by atoms with van der Waals surface area (Å²) in [6.45, 7) is 1.98. The molecule has 0 amide bonds. The van der Waals surface area contributed by atoms with E-state index in [9.17, 15) is 5.11 Å². The molecule has 3 N–H and O–H groups in total. The fourth-order valence-corrected chi connectivity index (χ4v) is 1.87. The zero-order valence-corrected chi connectivity index (χ0v) is 9.75. The highest BCUT2D eigenvalue weighted by Gasteiger charge is 2.20. The van der Waals surface area contributed by atoms with E-state index in [-0.39, 0.29) is 5.92 Å². The number of aromatic nitrogens is 1. The van der Waals surface area contributed by atoms with Crippen LogP contribution in [0.25, 0.3) is 0 Å². The molecule has 0 bridgehead atoms. The van der Waals surface area contributed by atoms with Crippen molar-refractivity contribution >= 4 is 5.69 Å². The Balaban J connectivity index is 2.27. The topological polar surface area (TPSA) is 59.1 Å². The number of rotatable bonds is 3. The van der Waals surface area contributed by atoms with E-state index in [1.165, 1.54) is 0 Å². The third-order valence-electron chi connectivity index (χ3n) is 3.00. The number of aliphatic hydroxyl groups is 1. The van der Waals surface area contributed by atoms with Gasteiger partial charge in [-0.2, -0.15) is 0 Å². The van der Waals surface area contributed by atoms with Crippen molar-refractivity contribution in [2.24, 2.45) is 0 Å². The van der Waals surface area contributed by atoms with Crippen LogP contribution in [0.5, 0.6) is 0 Å². The van der Waals surface area contributed by atoms with Crippen molar-refractivity contribution in [3.05, 3.63) is 59.9 Å². The molecule has 3 heteroatoms. The molecule has 0 aliphatic carbocycles. The van der Waals surface area contributed by atoms with Crippen LogP contribution in [0.3, 0.4) is 0 Å². The van der Waals surface area contributed by atoms with Crippen LogP contribution >= 0.6 is 0 Å². The first-order valence-corrected chi connectivity index (χ1v) is 5.62. The van der Waals surface area contributed by atoms with Crippen LogP contribution in [0.1, 0.15) is 30.1 Å². The first-order valence-electron chi connectivity index (χ1n) is 5.62. The highest BCUT2D eigenvalue weighted by molar-refractivity contribution is 5.46. The third kappa shape index (κ3) is 2.45. The van der Waals surface area contributed by atoms with E-state index in [4.69, 9.17) is 5.73 Å². The van der Waals surface area contributed by atoms with Crippen molar-refractivity contribution < 1.29 is 5.11 Å². The summed E-state index contributed by atoms with van der Waals surface area (Å²) in [5.74, 6) is -0.0114. The predicted octanol–water partition coefficient (Wildman–Crippen LogP) is 2.50. The van der Waals surface area contributed by atoms with Gasteiger partial charge in [-0.15, -0.1) is 0 Å².